The van der Waals surface area contributed by atoms with Gasteiger partial charge in [-0.2, -0.15) is 0 Å². The van der Waals surface area contributed by atoms with E-state index >= 15 is 0 Å². The van der Waals surface area contributed by atoms with Crippen molar-refractivity contribution in [2.75, 3.05) is 0 Å². The van der Waals surface area contributed by atoms with Crippen LogP contribution in [0.4, 0.5) is 0 Å². The quantitative estimate of drug-likeness (QED) is 0.488. The Hall–Kier alpha value is -2.64. The minimum Gasteiger partial charge on any atom is -0.0624 e. The number of fused-ring (bicyclic) bond motifs is 3. The van der Waals surface area contributed by atoms with E-state index in [2.05, 4.69) is 97.1 Å². The van der Waals surface area contributed by atoms with Gasteiger partial charge in [-0.3, -0.25) is 0 Å². The lowest BCUT2D eigenvalue weighted by molar-refractivity contribution is 1.18. The summed E-state index contributed by atoms with van der Waals surface area (Å²) in [6.45, 7) is 0. The smallest absolute Gasteiger partial charge is 0.0624 e. The van der Waals surface area contributed by atoms with Crippen LogP contribution in [0.15, 0.2) is 97.1 Å². The van der Waals surface area contributed by atoms with Crippen LogP contribution in [0, 0.1) is 0 Å². The molecular weight excluding hydrogens is 316 g/mol. The normalized spacial score (nSPS) is 15.2. The first-order valence-corrected chi connectivity index (χ1v) is 11.2. The molecule has 1 aliphatic rings. The fourth-order valence-corrected chi connectivity index (χ4v) is 9.76. The molecule has 1 heteroatoms. The predicted molar refractivity (Wildman–Crippen MR) is 110 cm³/mol. The average Bonchev–Trinajstić information content (AvgIpc) is 3.10. The summed E-state index contributed by atoms with van der Waals surface area (Å²) < 4.78 is 0. The first-order chi connectivity index (χ1) is 12.4. The van der Waals surface area contributed by atoms with Crippen molar-refractivity contribution in [3.8, 4) is 0 Å². The van der Waals surface area contributed by atoms with E-state index in [4.69, 9.17) is 0 Å². The third-order valence-electron chi connectivity index (χ3n) is 5.78. The monoisotopic (exact) mass is 336 g/mol. The fraction of sp³-hybridized carbons (Fsp3) is 0.0833. The van der Waals surface area contributed by atoms with E-state index < -0.39 is 8.07 Å². The molecule has 25 heavy (non-hydrogen) atoms. The van der Waals surface area contributed by atoms with Crippen LogP contribution in [0.1, 0.15) is 5.56 Å². The Morgan fingerprint density at radius 3 is 1.84 bits per heavy atom. The molecule has 0 spiro atoms. The summed E-state index contributed by atoms with van der Waals surface area (Å²) in [5.74, 6) is 0. The third kappa shape index (κ3) is 2.13. The standard InChI is InChI=1S/C24H20Si/c1-3-10-20(11-4-1)25(21-12-5-2-6-13-21)18-17-23-22-14-8-7-9-19(22)15-16-24(23)25/h1-16H,17-18H2. The Labute approximate surface area is 149 Å². The van der Waals surface area contributed by atoms with Gasteiger partial charge >= 0.3 is 0 Å². The summed E-state index contributed by atoms with van der Waals surface area (Å²) in [6.07, 6.45) is 1.19. The van der Waals surface area contributed by atoms with Gasteiger partial charge in [0.15, 0.2) is 0 Å². The van der Waals surface area contributed by atoms with Crippen molar-refractivity contribution in [3.05, 3.63) is 103 Å². The highest BCUT2D eigenvalue weighted by Gasteiger charge is 2.44. The van der Waals surface area contributed by atoms with Gasteiger partial charge in [-0.25, -0.2) is 0 Å². The van der Waals surface area contributed by atoms with E-state index in [1.165, 1.54) is 33.6 Å². The van der Waals surface area contributed by atoms with Crippen LogP contribution in [0.25, 0.3) is 10.8 Å². The SMILES string of the molecule is c1ccc([Si]2(c3ccccc3)CCc3c2ccc2ccccc32)cc1. The zero-order valence-electron chi connectivity index (χ0n) is 14.2. The van der Waals surface area contributed by atoms with Crippen molar-refractivity contribution in [1.29, 1.82) is 0 Å². The molecule has 1 heterocycles. The van der Waals surface area contributed by atoms with E-state index in [1.807, 2.05) is 0 Å². The molecule has 0 fully saturated rings. The second kappa shape index (κ2) is 5.71. The molecule has 5 rings (SSSR count). The summed E-state index contributed by atoms with van der Waals surface area (Å²) in [4.78, 5) is 0. The van der Waals surface area contributed by atoms with E-state index in [-0.39, 0.29) is 0 Å². The second-order valence-corrected chi connectivity index (χ2v) is 11.0. The van der Waals surface area contributed by atoms with Gasteiger partial charge in [-0.15, -0.1) is 0 Å². The molecule has 0 N–H and O–H groups in total. The van der Waals surface area contributed by atoms with Gasteiger partial charge < -0.3 is 0 Å². The first kappa shape index (κ1) is 14.7. The molecule has 0 saturated carbocycles. The summed E-state index contributed by atoms with van der Waals surface area (Å²) in [7, 11) is -1.92. The zero-order valence-corrected chi connectivity index (χ0v) is 15.2. The van der Waals surface area contributed by atoms with Crippen molar-refractivity contribution < 1.29 is 0 Å². The molecular formula is C24H20Si. The van der Waals surface area contributed by atoms with Crippen LogP contribution in [-0.4, -0.2) is 8.07 Å². The summed E-state index contributed by atoms with van der Waals surface area (Å²) in [5.41, 5.74) is 1.58. The van der Waals surface area contributed by atoms with Crippen LogP contribution in [0.5, 0.6) is 0 Å². The largest absolute Gasteiger partial charge is 0.149 e. The molecule has 0 atom stereocenters. The lowest BCUT2D eigenvalue weighted by Crippen LogP contribution is -2.65. The van der Waals surface area contributed by atoms with Crippen LogP contribution in [-0.2, 0) is 6.42 Å². The van der Waals surface area contributed by atoms with Gasteiger partial charge in [-0.1, -0.05) is 97.1 Å². The van der Waals surface area contributed by atoms with Crippen LogP contribution < -0.4 is 15.6 Å². The van der Waals surface area contributed by atoms with Gasteiger partial charge in [0.1, 0.15) is 8.07 Å². The number of hydrogen-bond donors (Lipinski definition) is 0. The van der Waals surface area contributed by atoms with Gasteiger partial charge in [0, 0.05) is 0 Å². The highest BCUT2D eigenvalue weighted by Crippen LogP contribution is 2.29. The predicted octanol–water partition coefficient (Wildman–Crippen LogP) is 3.87. The van der Waals surface area contributed by atoms with Gasteiger partial charge in [0.05, 0.1) is 0 Å². The molecule has 0 nitrogen and oxygen atoms in total. The first-order valence-electron chi connectivity index (χ1n) is 9.02. The maximum absolute atomic E-state index is 2.43. The van der Waals surface area contributed by atoms with E-state index in [1.54, 1.807) is 10.8 Å². The van der Waals surface area contributed by atoms with Gasteiger partial charge in [0.25, 0.3) is 0 Å². The number of hydrogen-bond acceptors (Lipinski definition) is 0. The molecule has 4 aromatic carbocycles. The molecule has 0 amide bonds. The van der Waals surface area contributed by atoms with Gasteiger partial charge in [0.2, 0.25) is 0 Å². The van der Waals surface area contributed by atoms with Crippen molar-refractivity contribution in [2.24, 2.45) is 0 Å². The fourth-order valence-electron chi connectivity index (χ4n) is 4.66. The molecule has 0 unspecified atom stereocenters. The Morgan fingerprint density at radius 1 is 0.560 bits per heavy atom. The lowest BCUT2D eigenvalue weighted by Gasteiger charge is -2.30. The van der Waals surface area contributed by atoms with E-state index in [0.29, 0.717) is 0 Å². The minimum absolute atomic E-state index is 1.19. The van der Waals surface area contributed by atoms with Gasteiger partial charge in [-0.05, 0) is 44.4 Å². The number of benzene rings is 4. The topological polar surface area (TPSA) is 0 Å². The molecule has 0 aliphatic carbocycles. The lowest BCUT2D eigenvalue weighted by atomic mass is 10.0. The molecule has 0 saturated heterocycles. The summed E-state index contributed by atoms with van der Waals surface area (Å²) >= 11 is 0. The van der Waals surface area contributed by atoms with E-state index in [0.717, 1.165) is 0 Å². The van der Waals surface area contributed by atoms with Crippen molar-refractivity contribution >= 4 is 34.4 Å². The number of rotatable bonds is 2. The van der Waals surface area contributed by atoms with Crippen molar-refractivity contribution in [2.45, 2.75) is 12.5 Å². The number of aryl methyl sites for hydroxylation is 1. The molecule has 4 aromatic rings. The molecule has 1 aliphatic heterocycles. The highest BCUT2D eigenvalue weighted by molar-refractivity contribution is 7.12. The minimum atomic E-state index is -1.92. The third-order valence-corrected chi connectivity index (χ3v) is 10.8. The Balaban J connectivity index is 1.85. The van der Waals surface area contributed by atoms with Crippen LogP contribution in [0.2, 0.25) is 6.04 Å². The van der Waals surface area contributed by atoms with Crippen molar-refractivity contribution in [3.63, 3.8) is 0 Å². The van der Waals surface area contributed by atoms with Crippen molar-refractivity contribution in [1.82, 2.24) is 0 Å². The maximum atomic E-state index is 2.43. The second-order valence-electron chi connectivity index (χ2n) is 6.95. The zero-order chi connectivity index (χ0) is 16.7. The van der Waals surface area contributed by atoms with E-state index in [9.17, 15) is 0 Å². The molecule has 120 valence electrons. The highest BCUT2D eigenvalue weighted by atomic mass is 28.3. The molecule has 0 radical (unpaired) electrons. The summed E-state index contributed by atoms with van der Waals surface area (Å²) in [5, 5.41) is 7.50. The Bertz CT molecular complexity index is 996. The van der Waals surface area contributed by atoms with Crippen LogP contribution >= 0.6 is 0 Å². The summed E-state index contributed by atoms with van der Waals surface area (Å²) in [6, 6.07) is 37.3. The Morgan fingerprint density at radius 2 is 1.16 bits per heavy atom. The Kier molecular flexibility index (Phi) is 3.35. The molecule has 0 aromatic heterocycles. The molecule has 0 bridgehead atoms. The average molecular weight is 337 g/mol. The van der Waals surface area contributed by atoms with Crippen LogP contribution in [0.3, 0.4) is 0 Å². The maximum Gasteiger partial charge on any atom is 0.149 e.